The van der Waals surface area contributed by atoms with Gasteiger partial charge >= 0.3 is 0 Å². The summed E-state index contributed by atoms with van der Waals surface area (Å²) >= 11 is 0. The Kier molecular flexibility index (Phi) is 3.53. The molecule has 2 aromatic carbocycles. The molecule has 8 aliphatic carbocycles. The molecular formula is C30H36O2. The summed E-state index contributed by atoms with van der Waals surface area (Å²) in [5.74, 6) is 5.61. The van der Waals surface area contributed by atoms with Gasteiger partial charge in [0.25, 0.3) is 0 Å². The molecule has 32 heavy (non-hydrogen) atoms. The number of hydrogen-bond acceptors (Lipinski definition) is 2. The second kappa shape index (κ2) is 6.05. The molecule has 10 rings (SSSR count). The summed E-state index contributed by atoms with van der Waals surface area (Å²) in [6, 6.07) is 8.95. The largest absolute Gasteiger partial charge is 0.504 e. The van der Waals surface area contributed by atoms with Crippen LogP contribution in [0.25, 0.3) is 10.8 Å². The second-order valence-electron chi connectivity index (χ2n) is 13.4. The van der Waals surface area contributed by atoms with Crippen LogP contribution in [0, 0.1) is 35.5 Å². The van der Waals surface area contributed by atoms with Crippen molar-refractivity contribution >= 4 is 10.8 Å². The van der Waals surface area contributed by atoms with Gasteiger partial charge in [0.1, 0.15) is 0 Å². The predicted molar refractivity (Wildman–Crippen MR) is 127 cm³/mol. The molecule has 8 fully saturated rings. The summed E-state index contributed by atoms with van der Waals surface area (Å²) in [5, 5.41) is 23.7. The molecule has 2 nitrogen and oxygen atoms in total. The van der Waals surface area contributed by atoms with Crippen LogP contribution in [0.4, 0.5) is 0 Å². The van der Waals surface area contributed by atoms with E-state index in [2.05, 4.69) is 18.2 Å². The topological polar surface area (TPSA) is 40.5 Å². The Labute approximate surface area is 191 Å². The molecule has 8 bridgehead atoms. The van der Waals surface area contributed by atoms with E-state index in [0.29, 0.717) is 5.41 Å². The monoisotopic (exact) mass is 428 g/mol. The fraction of sp³-hybridized carbons (Fsp3) is 0.667. The Balaban J connectivity index is 1.31. The summed E-state index contributed by atoms with van der Waals surface area (Å²) in [7, 11) is 0. The van der Waals surface area contributed by atoms with Crippen molar-refractivity contribution in [1.82, 2.24) is 0 Å². The average molecular weight is 429 g/mol. The standard InChI is InChI=1S/C30H36O2/c31-27-10-26(30-14-20-6-21(15-30)8-22(7-20)16-30)25-9-23(1-2-24(25)28(27)32)29-11-17-3-18(12-29)5-19(4-17)13-29/h1-2,9-10,17-22,31-32H,3-8,11-16H2. The van der Waals surface area contributed by atoms with Crippen LogP contribution in [0.15, 0.2) is 24.3 Å². The number of phenols is 2. The van der Waals surface area contributed by atoms with Crippen molar-refractivity contribution in [2.24, 2.45) is 35.5 Å². The fourth-order valence-corrected chi connectivity index (χ4v) is 11.1. The number of rotatable bonds is 2. The molecule has 0 saturated heterocycles. The van der Waals surface area contributed by atoms with Gasteiger partial charge in [-0.25, -0.2) is 0 Å². The van der Waals surface area contributed by atoms with Gasteiger partial charge in [-0.05, 0) is 146 Å². The van der Waals surface area contributed by atoms with Gasteiger partial charge in [0.2, 0.25) is 0 Å². The Morgan fingerprint density at radius 2 is 1.03 bits per heavy atom. The van der Waals surface area contributed by atoms with Crippen LogP contribution in [0.3, 0.4) is 0 Å². The van der Waals surface area contributed by atoms with Crippen molar-refractivity contribution in [3.63, 3.8) is 0 Å². The number of hydrogen-bond donors (Lipinski definition) is 2. The predicted octanol–water partition coefficient (Wildman–Crippen LogP) is 7.19. The molecule has 2 heteroatoms. The van der Waals surface area contributed by atoms with Gasteiger partial charge in [-0.1, -0.05) is 18.2 Å². The molecular weight excluding hydrogens is 392 g/mol. The summed E-state index contributed by atoms with van der Waals surface area (Å²) in [5.41, 5.74) is 3.50. The van der Waals surface area contributed by atoms with E-state index >= 15 is 0 Å². The van der Waals surface area contributed by atoms with E-state index in [9.17, 15) is 10.2 Å². The molecule has 0 aromatic heterocycles. The maximum atomic E-state index is 10.8. The highest BCUT2D eigenvalue weighted by molar-refractivity contribution is 5.94. The third-order valence-corrected chi connectivity index (χ3v) is 11.3. The summed E-state index contributed by atoms with van der Waals surface area (Å²) in [4.78, 5) is 0. The molecule has 0 amide bonds. The minimum Gasteiger partial charge on any atom is -0.504 e. The highest BCUT2D eigenvalue weighted by atomic mass is 16.3. The van der Waals surface area contributed by atoms with E-state index in [-0.39, 0.29) is 16.9 Å². The lowest BCUT2D eigenvalue weighted by Crippen LogP contribution is -2.49. The Bertz CT molecular complexity index is 1060. The van der Waals surface area contributed by atoms with E-state index in [1.54, 1.807) is 5.56 Å². The van der Waals surface area contributed by atoms with Crippen molar-refractivity contribution < 1.29 is 10.2 Å². The SMILES string of the molecule is Oc1cc(C23CC4CC(CC(C4)C2)C3)c2cc(C34CC5CC(CC(C5)C3)C4)ccc2c1O. The molecule has 8 aliphatic rings. The van der Waals surface area contributed by atoms with Crippen LogP contribution in [-0.4, -0.2) is 10.2 Å². The van der Waals surface area contributed by atoms with Gasteiger partial charge in [0, 0.05) is 5.39 Å². The van der Waals surface area contributed by atoms with Gasteiger partial charge in [-0.2, -0.15) is 0 Å². The van der Waals surface area contributed by atoms with Crippen molar-refractivity contribution in [3.05, 3.63) is 35.4 Å². The maximum absolute atomic E-state index is 10.8. The fourth-order valence-electron chi connectivity index (χ4n) is 11.1. The first-order chi connectivity index (χ1) is 15.5. The molecule has 2 N–H and O–H groups in total. The minimum absolute atomic E-state index is 0.0885. The average Bonchev–Trinajstić information content (AvgIpc) is 2.74. The molecule has 8 saturated carbocycles. The van der Waals surface area contributed by atoms with Crippen LogP contribution in [0.5, 0.6) is 11.5 Å². The van der Waals surface area contributed by atoms with Crippen LogP contribution >= 0.6 is 0 Å². The third kappa shape index (κ3) is 2.42. The number of fused-ring (bicyclic) bond motifs is 1. The van der Waals surface area contributed by atoms with Crippen molar-refractivity contribution in [1.29, 1.82) is 0 Å². The molecule has 0 heterocycles. The smallest absolute Gasteiger partial charge is 0.165 e. The summed E-state index contributed by atoms with van der Waals surface area (Å²) in [6.07, 6.45) is 16.7. The zero-order valence-electron chi connectivity index (χ0n) is 19.2. The molecule has 0 atom stereocenters. The molecule has 0 radical (unpaired) electrons. The lowest BCUT2D eigenvalue weighted by molar-refractivity contribution is -0.00569. The Morgan fingerprint density at radius 3 is 1.53 bits per heavy atom. The second-order valence-corrected chi connectivity index (χ2v) is 13.4. The zero-order valence-corrected chi connectivity index (χ0v) is 19.2. The highest BCUT2D eigenvalue weighted by Gasteiger charge is 2.53. The van der Waals surface area contributed by atoms with E-state index in [4.69, 9.17) is 0 Å². The molecule has 0 unspecified atom stereocenters. The lowest BCUT2D eigenvalue weighted by Gasteiger charge is -2.58. The lowest BCUT2D eigenvalue weighted by atomic mass is 9.47. The van der Waals surface area contributed by atoms with E-state index < -0.39 is 0 Å². The molecule has 168 valence electrons. The van der Waals surface area contributed by atoms with Gasteiger partial charge in [-0.15, -0.1) is 0 Å². The van der Waals surface area contributed by atoms with Crippen LogP contribution < -0.4 is 0 Å². The van der Waals surface area contributed by atoms with Crippen molar-refractivity contribution in [2.75, 3.05) is 0 Å². The Hall–Kier alpha value is -1.70. The molecule has 0 aliphatic heterocycles. The van der Waals surface area contributed by atoms with Crippen LogP contribution in [-0.2, 0) is 10.8 Å². The zero-order chi connectivity index (χ0) is 21.2. The van der Waals surface area contributed by atoms with Gasteiger partial charge < -0.3 is 10.2 Å². The normalized spacial score (nSPS) is 45.8. The Morgan fingerprint density at radius 1 is 0.562 bits per heavy atom. The molecule has 2 aromatic rings. The summed E-state index contributed by atoms with van der Waals surface area (Å²) in [6.45, 7) is 0. The van der Waals surface area contributed by atoms with Crippen LogP contribution in [0.1, 0.15) is 88.2 Å². The number of aromatic hydroxyl groups is 2. The highest BCUT2D eigenvalue weighted by Crippen LogP contribution is 2.64. The van der Waals surface area contributed by atoms with Crippen LogP contribution in [0.2, 0.25) is 0 Å². The third-order valence-electron chi connectivity index (χ3n) is 11.3. The van der Waals surface area contributed by atoms with E-state index in [1.807, 2.05) is 6.07 Å². The first-order valence-electron chi connectivity index (χ1n) is 13.5. The maximum Gasteiger partial charge on any atom is 0.165 e. The first kappa shape index (κ1) is 18.7. The van der Waals surface area contributed by atoms with Crippen molar-refractivity contribution in [3.8, 4) is 11.5 Å². The first-order valence-corrected chi connectivity index (χ1v) is 13.5. The summed E-state index contributed by atoms with van der Waals surface area (Å²) < 4.78 is 0. The minimum atomic E-state index is 0.0885. The number of phenolic OH excluding ortho intramolecular Hbond substituents is 2. The van der Waals surface area contributed by atoms with Gasteiger partial charge in [-0.3, -0.25) is 0 Å². The van der Waals surface area contributed by atoms with E-state index in [0.717, 1.165) is 40.9 Å². The molecule has 0 spiro atoms. The quantitative estimate of drug-likeness (QED) is 0.497. The van der Waals surface area contributed by atoms with Gasteiger partial charge in [0.05, 0.1) is 0 Å². The van der Waals surface area contributed by atoms with E-state index in [1.165, 1.54) is 88.0 Å². The number of benzene rings is 2. The van der Waals surface area contributed by atoms with Crippen molar-refractivity contribution in [2.45, 2.75) is 87.9 Å². The van der Waals surface area contributed by atoms with Gasteiger partial charge in [0.15, 0.2) is 11.5 Å².